The van der Waals surface area contributed by atoms with Gasteiger partial charge in [0.1, 0.15) is 11.4 Å². The minimum atomic E-state index is 0.527. The topological polar surface area (TPSA) is 56.0 Å². The van der Waals surface area contributed by atoms with Crippen LogP contribution in [0.4, 0.5) is 0 Å². The van der Waals surface area contributed by atoms with E-state index in [1.54, 1.807) is 41.4 Å². The molecule has 0 radical (unpaired) electrons. The molecule has 0 aromatic carbocycles. The highest BCUT2D eigenvalue weighted by Gasteiger charge is 2.07. The van der Waals surface area contributed by atoms with Crippen LogP contribution in [0.5, 0.6) is 0 Å². The quantitative estimate of drug-likeness (QED) is 0.641. The Morgan fingerprint density at radius 3 is 3.00 bits per heavy atom. The first-order valence-electron chi connectivity index (χ1n) is 4.62. The van der Waals surface area contributed by atoms with Gasteiger partial charge in [0, 0.05) is 12.4 Å². The largest absolute Gasteiger partial charge is 0.253 e. The van der Waals surface area contributed by atoms with Gasteiger partial charge in [0.15, 0.2) is 0 Å². The highest BCUT2D eigenvalue weighted by Crippen LogP contribution is 2.22. The first-order chi connectivity index (χ1) is 7.84. The Hall–Kier alpha value is -2.01. The summed E-state index contributed by atoms with van der Waals surface area (Å²) in [6.45, 7) is 0. The molecule has 0 amide bonds. The molecule has 3 aromatic heterocycles. The molecule has 0 aliphatic carbocycles. The Morgan fingerprint density at radius 2 is 2.12 bits per heavy atom. The van der Waals surface area contributed by atoms with Gasteiger partial charge in [-0.25, -0.2) is 14.5 Å². The maximum atomic E-state index is 6.03. The van der Waals surface area contributed by atoms with Gasteiger partial charge >= 0.3 is 0 Å². The summed E-state index contributed by atoms with van der Waals surface area (Å²) >= 11 is 6.03. The molecular formula is C10H6ClN5. The van der Waals surface area contributed by atoms with E-state index in [0.717, 1.165) is 0 Å². The summed E-state index contributed by atoms with van der Waals surface area (Å²) in [5, 5.41) is 4.70. The smallest absolute Gasteiger partial charge is 0.251 e. The Balaban J connectivity index is 2.22. The third kappa shape index (κ3) is 1.42. The van der Waals surface area contributed by atoms with Crippen LogP contribution in [-0.4, -0.2) is 24.6 Å². The van der Waals surface area contributed by atoms with Crippen LogP contribution >= 0.6 is 11.6 Å². The van der Waals surface area contributed by atoms with Crippen molar-refractivity contribution in [3.63, 3.8) is 0 Å². The first-order valence-corrected chi connectivity index (χ1v) is 5.00. The zero-order chi connectivity index (χ0) is 11.0. The summed E-state index contributed by atoms with van der Waals surface area (Å²) in [7, 11) is 0. The van der Waals surface area contributed by atoms with Crippen LogP contribution < -0.4 is 0 Å². The number of halogens is 1. The third-order valence-corrected chi connectivity index (χ3v) is 2.43. The molecule has 3 rings (SSSR count). The second-order valence-corrected chi connectivity index (χ2v) is 3.55. The van der Waals surface area contributed by atoms with Gasteiger partial charge in [-0.05, 0) is 12.1 Å². The van der Waals surface area contributed by atoms with Gasteiger partial charge in [0.2, 0.25) is 0 Å². The van der Waals surface area contributed by atoms with Crippen LogP contribution in [0.3, 0.4) is 0 Å². The van der Waals surface area contributed by atoms with Crippen molar-refractivity contribution >= 4 is 17.4 Å². The van der Waals surface area contributed by atoms with E-state index in [1.165, 1.54) is 0 Å². The normalized spacial score (nSPS) is 10.8. The molecule has 6 heteroatoms. The summed E-state index contributed by atoms with van der Waals surface area (Å²) in [6.07, 6.45) is 6.65. The van der Waals surface area contributed by atoms with Crippen LogP contribution in [0.1, 0.15) is 0 Å². The van der Waals surface area contributed by atoms with E-state index in [9.17, 15) is 0 Å². The molecule has 0 atom stereocenters. The number of aromatic nitrogens is 5. The van der Waals surface area contributed by atoms with Crippen LogP contribution in [0.15, 0.2) is 36.9 Å². The molecular weight excluding hydrogens is 226 g/mol. The fourth-order valence-corrected chi connectivity index (χ4v) is 1.62. The fourth-order valence-electron chi connectivity index (χ4n) is 1.40. The number of hydrogen-bond acceptors (Lipinski definition) is 4. The second-order valence-electron chi connectivity index (χ2n) is 3.15. The minimum absolute atomic E-state index is 0.527. The molecule has 0 saturated carbocycles. The van der Waals surface area contributed by atoms with E-state index in [-0.39, 0.29) is 0 Å². The first kappa shape index (κ1) is 9.23. The van der Waals surface area contributed by atoms with Crippen LogP contribution in [0, 0.1) is 0 Å². The van der Waals surface area contributed by atoms with Crippen molar-refractivity contribution in [2.24, 2.45) is 0 Å². The lowest BCUT2D eigenvalue weighted by atomic mass is 10.3. The summed E-state index contributed by atoms with van der Waals surface area (Å²) in [5.41, 5.74) is 1.23. The lowest BCUT2D eigenvalue weighted by Crippen LogP contribution is -1.96. The standard InChI is InChI=1S/C10H6ClN5/c11-7-2-1-3-12-9(7)8-6-14-16-5-4-13-10(16)15-8/h1-6H. The van der Waals surface area contributed by atoms with E-state index in [1.807, 2.05) is 0 Å². The van der Waals surface area contributed by atoms with Crippen LogP contribution in [-0.2, 0) is 0 Å². The lowest BCUT2D eigenvalue weighted by Gasteiger charge is -2.01. The average molecular weight is 232 g/mol. The van der Waals surface area contributed by atoms with Crippen LogP contribution in [0.2, 0.25) is 5.02 Å². The molecule has 0 fully saturated rings. The molecule has 0 spiro atoms. The van der Waals surface area contributed by atoms with E-state index in [2.05, 4.69) is 20.1 Å². The number of imidazole rings is 1. The fraction of sp³-hybridized carbons (Fsp3) is 0. The molecule has 78 valence electrons. The molecule has 5 nitrogen and oxygen atoms in total. The number of rotatable bonds is 1. The van der Waals surface area contributed by atoms with Crippen molar-refractivity contribution in [2.75, 3.05) is 0 Å². The Kier molecular flexibility index (Phi) is 2.04. The molecule has 3 aromatic rings. The number of nitrogens with zero attached hydrogens (tertiary/aromatic N) is 5. The van der Waals surface area contributed by atoms with Crippen molar-refractivity contribution in [1.82, 2.24) is 24.6 Å². The third-order valence-electron chi connectivity index (χ3n) is 2.13. The zero-order valence-corrected chi connectivity index (χ0v) is 8.83. The SMILES string of the molecule is Clc1cccnc1-c1cnn2ccnc2n1. The minimum Gasteiger partial charge on any atom is -0.253 e. The molecule has 16 heavy (non-hydrogen) atoms. The monoisotopic (exact) mass is 231 g/mol. The maximum Gasteiger partial charge on any atom is 0.251 e. The van der Waals surface area contributed by atoms with E-state index in [0.29, 0.717) is 22.2 Å². The van der Waals surface area contributed by atoms with Gasteiger partial charge < -0.3 is 0 Å². The summed E-state index contributed by atoms with van der Waals surface area (Å²) < 4.78 is 1.58. The summed E-state index contributed by atoms with van der Waals surface area (Å²) in [6, 6.07) is 3.54. The van der Waals surface area contributed by atoms with Crippen molar-refractivity contribution in [3.05, 3.63) is 41.9 Å². The number of fused-ring (bicyclic) bond motifs is 1. The van der Waals surface area contributed by atoms with Gasteiger partial charge in [0.25, 0.3) is 5.78 Å². The van der Waals surface area contributed by atoms with Crippen molar-refractivity contribution in [1.29, 1.82) is 0 Å². The molecule has 0 N–H and O–H groups in total. The number of pyridine rings is 1. The Bertz CT molecular complexity index is 648. The van der Waals surface area contributed by atoms with Gasteiger partial charge in [0.05, 0.1) is 17.4 Å². The molecule has 0 bridgehead atoms. The maximum absolute atomic E-state index is 6.03. The Labute approximate surface area is 95.8 Å². The molecule has 0 aliphatic heterocycles. The van der Waals surface area contributed by atoms with E-state index in [4.69, 9.17) is 11.6 Å². The van der Waals surface area contributed by atoms with Gasteiger partial charge in [-0.3, -0.25) is 4.98 Å². The second kappa shape index (κ2) is 3.53. The van der Waals surface area contributed by atoms with Crippen molar-refractivity contribution in [2.45, 2.75) is 0 Å². The molecule has 0 unspecified atom stereocenters. The lowest BCUT2D eigenvalue weighted by molar-refractivity contribution is 0.903. The van der Waals surface area contributed by atoms with Gasteiger partial charge in [-0.15, -0.1) is 0 Å². The van der Waals surface area contributed by atoms with E-state index >= 15 is 0 Å². The highest BCUT2D eigenvalue weighted by atomic mass is 35.5. The van der Waals surface area contributed by atoms with Gasteiger partial charge in [-0.1, -0.05) is 11.6 Å². The number of hydrogen-bond donors (Lipinski definition) is 0. The summed E-state index contributed by atoms with van der Waals surface area (Å²) in [4.78, 5) is 12.5. The predicted molar refractivity (Wildman–Crippen MR) is 59.0 cm³/mol. The van der Waals surface area contributed by atoms with Crippen molar-refractivity contribution in [3.8, 4) is 11.4 Å². The zero-order valence-electron chi connectivity index (χ0n) is 8.08. The molecule has 0 aliphatic rings. The predicted octanol–water partition coefficient (Wildman–Crippen LogP) is 1.84. The summed E-state index contributed by atoms with van der Waals surface area (Å²) in [5.74, 6) is 0.527. The molecule has 3 heterocycles. The van der Waals surface area contributed by atoms with Crippen molar-refractivity contribution < 1.29 is 0 Å². The van der Waals surface area contributed by atoms with E-state index < -0.39 is 0 Å². The Morgan fingerprint density at radius 1 is 1.19 bits per heavy atom. The highest BCUT2D eigenvalue weighted by molar-refractivity contribution is 6.32. The average Bonchev–Trinajstić information content (AvgIpc) is 2.76. The van der Waals surface area contributed by atoms with Crippen LogP contribution in [0.25, 0.3) is 17.2 Å². The van der Waals surface area contributed by atoms with Gasteiger partial charge in [-0.2, -0.15) is 5.10 Å². The molecule has 0 saturated heterocycles.